The molecule has 1 fully saturated rings. The first-order valence-electron chi connectivity index (χ1n) is 12.0. The lowest BCUT2D eigenvalue weighted by Crippen LogP contribution is -2.45. The number of benzene rings is 2. The van der Waals surface area contributed by atoms with Crippen LogP contribution in [0.4, 0.5) is 5.82 Å². The number of rotatable bonds is 4. The van der Waals surface area contributed by atoms with Gasteiger partial charge in [-0.15, -0.1) is 11.3 Å². The molecule has 1 saturated heterocycles. The number of nitrogens with zero attached hydrogens (tertiary/aromatic N) is 4. The maximum Gasteiger partial charge on any atom is 0.257 e. The van der Waals surface area contributed by atoms with Crippen LogP contribution in [-0.4, -0.2) is 43.3 Å². The van der Waals surface area contributed by atoms with Crippen LogP contribution in [-0.2, 0) is 9.59 Å². The molecule has 0 radical (unpaired) electrons. The zero-order valence-electron chi connectivity index (χ0n) is 20.3. The van der Waals surface area contributed by atoms with E-state index >= 15 is 0 Å². The Morgan fingerprint density at radius 1 is 1.05 bits per heavy atom. The zero-order valence-corrected chi connectivity index (χ0v) is 21.9. The molecule has 2 N–H and O–H groups in total. The van der Waals surface area contributed by atoms with Crippen LogP contribution in [0, 0.1) is 5.41 Å². The molecule has 0 saturated carbocycles. The first kappa shape index (κ1) is 24.2. The second-order valence-electron chi connectivity index (χ2n) is 8.84. The van der Waals surface area contributed by atoms with Gasteiger partial charge in [0, 0.05) is 6.20 Å². The standard InChI is InChI=1S/C28H22N6O2S2/c1-16-22(26(36)33-21-13-7-8-14-30-21)24(17-9-3-2-4-10-17)34-25(29)23(19(35)15-37-28(34)31-16)27-32-18-11-5-6-12-20(18)38-27/h2-14,23-24,29H,15H2,1H3,(H,30,33,36). The number of hydrogen-bond acceptors (Lipinski definition) is 8. The molecular formula is C28H22N6O2S2. The molecule has 2 atom stereocenters. The van der Waals surface area contributed by atoms with Crippen LogP contribution in [0.15, 0.2) is 95.3 Å². The van der Waals surface area contributed by atoms with Gasteiger partial charge >= 0.3 is 0 Å². The topological polar surface area (TPSA) is 111 Å². The minimum Gasteiger partial charge on any atom is -0.307 e. The summed E-state index contributed by atoms with van der Waals surface area (Å²) in [4.78, 5) is 42.6. The van der Waals surface area contributed by atoms with Crippen molar-refractivity contribution in [1.29, 1.82) is 5.41 Å². The summed E-state index contributed by atoms with van der Waals surface area (Å²) in [5.41, 5.74) is 2.54. The summed E-state index contributed by atoms with van der Waals surface area (Å²) in [5.74, 6) is -0.701. The molecule has 10 heteroatoms. The van der Waals surface area contributed by atoms with Crippen LogP contribution in [0.1, 0.15) is 29.5 Å². The predicted molar refractivity (Wildman–Crippen MR) is 152 cm³/mol. The van der Waals surface area contributed by atoms with E-state index in [0.29, 0.717) is 27.3 Å². The summed E-state index contributed by atoms with van der Waals surface area (Å²) >= 11 is 2.71. The van der Waals surface area contributed by atoms with Crippen LogP contribution in [0.5, 0.6) is 0 Å². The highest BCUT2D eigenvalue weighted by molar-refractivity contribution is 8.14. The molecule has 2 aliphatic heterocycles. The van der Waals surface area contributed by atoms with Gasteiger partial charge in [-0.2, -0.15) is 0 Å². The number of amidine groups is 2. The quantitative estimate of drug-likeness (QED) is 0.360. The molecule has 2 aliphatic rings. The number of para-hydroxylation sites is 1. The van der Waals surface area contributed by atoms with Crippen molar-refractivity contribution in [3.05, 3.63) is 101 Å². The van der Waals surface area contributed by atoms with E-state index in [1.807, 2.05) is 54.6 Å². The van der Waals surface area contributed by atoms with Crippen molar-refractivity contribution in [3.8, 4) is 0 Å². The maximum absolute atomic E-state index is 13.7. The van der Waals surface area contributed by atoms with Crippen LogP contribution in [0.25, 0.3) is 10.2 Å². The second-order valence-corrected chi connectivity index (χ2v) is 10.8. The van der Waals surface area contributed by atoms with Gasteiger partial charge in [-0.3, -0.25) is 19.9 Å². The van der Waals surface area contributed by atoms with Crippen LogP contribution >= 0.6 is 23.1 Å². The number of thiazole rings is 1. The smallest absolute Gasteiger partial charge is 0.257 e. The molecular weight excluding hydrogens is 516 g/mol. The zero-order chi connectivity index (χ0) is 26.2. The number of thioether (sulfide) groups is 1. The molecule has 8 nitrogen and oxygen atoms in total. The maximum atomic E-state index is 13.7. The Kier molecular flexibility index (Phi) is 6.34. The number of hydrogen-bond donors (Lipinski definition) is 2. The molecule has 4 aromatic rings. The molecule has 4 heterocycles. The van der Waals surface area contributed by atoms with Gasteiger partial charge in [-0.05, 0) is 36.8 Å². The van der Waals surface area contributed by atoms with Gasteiger partial charge in [0.15, 0.2) is 11.0 Å². The van der Waals surface area contributed by atoms with E-state index in [4.69, 9.17) is 9.98 Å². The van der Waals surface area contributed by atoms with Gasteiger partial charge < -0.3 is 5.32 Å². The Balaban J connectivity index is 1.47. The summed E-state index contributed by atoms with van der Waals surface area (Å²) in [6.07, 6.45) is 1.61. The fourth-order valence-electron chi connectivity index (χ4n) is 4.68. The number of aliphatic imine (C=N–C) groups is 1. The Morgan fingerprint density at radius 2 is 1.82 bits per heavy atom. The number of carbonyl (C=O) groups is 2. The van der Waals surface area contributed by atoms with Crippen LogP contribution in [0.3, 0.4) is 0 Å². The number of carbonyl (C=O) groups excluding carboxylic acids is 2. The van der Waals surface area contributed by atoms with Gasteiger partial charge in [0.1, 0.15) is 22.6 Å². The number of anilines is 1. The predicted octanol–water partition coefficient (Wildman–Crippen LogP) is 5.39. The van der Waals surface area contributed by atoms with E-state index in [9.17, 15) is 15.0 Å². The Labute approximate surface area is 227 Å². The molecule has 38 heavy (non-hydrogen) atoms. The lowest BCUT2D eigenvalue weighted by Gasteiger charge is -2.38. The van der Waals surface area contributed by atoms with Crippen molar-refractivity contribution in [3.63, 3.8) is 0 Å². The fraction of sp³-hybridized carbons (Fsp3) is 0.143. The molecule has 2 aromatic heterocycles. The van der Waals surface area contributed by atoms with Gasteiger partial charge in [-0.1, -0.05) is 60.3 Å². The number of aromatic nitrogens is 2. The third-order valence-corrected chi connectivity index (χ3v) is 8.49. The second kappa shape index (κ2) is 9.96. The van der Waals surface area contributed by atoms with E-state index in [-0.39, 0.29) is 23.3 Å². The number of pyridine rings is 1. The Bertz CT molecular complexity index is 1600. The molecule has 2 unspecified atom stereocenters. The van der Waals surface area contributed by atoms with E-state index < -0.39 is 12.0 Å². The third kappa shape index (κ3) is 4.31. The monoisotopic (exact) mass is 538 g/mol. The lowest BCUT2D eigenvalue weighted by molar-refractivity contribution is -0.116. The average molecular weight is 539 g/mol. The average Bonchev–Trinajstić information content (AvgIpc) is 3.31. The SMILES string of the molecule is CC1=C(C(=O)Nc2ccccn2)C(c2ccccc2)N2C(=N)C(c3nc4ccccc4s3)C(=O)CSC2=N1. The first-order valence-corrected chi connectivity index (χ1v) is 13.8. The highest BCUT2D eigenvalue weighted by Crippen LogP contribution is 2.42. The van der Waals surface area contributed by atoms with Gasteiger partial charge in [0.2, 0.25) is 0 Å². The largest absolute Gasteiger partial charge is 0.307 e. The van der Waals surface area contributed by atoms with Crippen molar-refractivity contribution in [2.75, 3.05) is 11.1 Å². The van der Waals surface area contributed by atoms with Gasteiger partial charge in [-0.25, -0.2) is 15.0 Å². The minimum absolute atomic E-state index is 0.0577. The lowest BCUT2D eigenvalue weighted by atomic mass is 9.92. The Hall–Kier alpha value is -4.15. The molecule has 1 amide bonds. The van der Waals surface area contributed by atoms with Crippen LogP contribution in [0.2, 0.25) is 0 Å². The number of fused-ring (bicyclic) bond motifs is 2. The van der Waals surface area contributed by atoms with E-state index in [1.165, 1.54) is 23.1 Å². The van der Waals surface area contributed by atoms with Gasteiger partial charge in [0.05, 0.1) is 33.3 Å². The highest BCUT2D eigenvalue weighted by Gasteiger charge is 2.45. The van der Waals surface area contributed by atoms with E-state index in [0.717, 1.165) is 15.8 Å². The number of Topliss-reactive ketones (excluding diaryl/α,β-unsaturated/α-hetero) is 1. The van der Waals surface area contributed by atoms with Crippen molar-refractivity contribution in [1.82, 2.24) is 14.9 Å². The molecule has 0 spiro atoms. The number of amides is 1. The van der Waals surface area contributed by atoms with E-state index in [2.05, 4.69) is 10.3 Å². The number of nitrogens with one attached hydrogen (secondary N) is 2. The summed E-state index contributed by atoms with van der Waals surface area (Å²) < 4.78 is 0.957. The number of allylic oxidation sites excluding steroid dienone is 1. The Morgan fingerprint density at radius 3 is 2.58 bits per heavy atom. The van der Waals surface area contributed by atoms with Crippen molar-refractivity contribution in [2.24, 2.45) is 4.99 Å². The minimum atomic E-state index is -0.864. The molecule has 2 aromatic carbocycles. The van der Waals surface area contributed by atoms with Crippen molar-refractivity contribution in [2.45, 2.75) is 18.9 Å². The molecule has 0 aliphatic carbocycles. The summed E-state index contributed by atoms with van der Waals surface area (Å²) in [5, 5.41) is 13.3. The normalized spacial score (nSPS) is 19.7. The first-order chi connectivity index (χ1) is 18.5. The third-order valence-electron chi connectivity index (χ3n) is 6.41. The summed E-state index contributed by atoms with van der Waals surface area (Å²) in [7, 11) is 0. The fourth-order valence-corrected chi connectivity index (χ4v) is 6.76. The number of ketones is 1. The summed E-state index contributed by atoms with van der Waals surface area (Å²) in [6.45, 7) is 1.79. The summed E-state index contributed by atoms with van der Waals surface area (Å²) in [6, 6.07) is 21.9. The van der Waals surface area contributed by atoms with E-state index in [1.54, 1.807) is 36.2 Å². The highest BCUT2D eigenvalue weighted by atomic mass is 32.2. The molecule has 0 bridgehead atoms. The van der Waals surface area contributed by atoms with Crippen molar-refractivity contribution < 1.29 is 9.59 Å². The van der Waals surface area contributed by atoms with Crippen molar-refractivity contribution >= 4 is 61.8 Å². The molecule has 188 valence electrons. The molecule has 6 rings (SSSR count). The van der Waals surface area contributed by atoms with Crippen LogP contribution < -0.4 is 5.32 Å². The van der Waals surface area contributed by atoms with Gasteiger partial charge in [0.25, 0.3) is 5.91 Å².